The van der Waals surface area contributed by atoms with Crippen LogP contribution in [0, 0.1) is 6.92 Å². The number of thioether (sulfide) groups is 1. The maximum Gasteiger partial charge on any atom is 0.247 e. The zero-order valence-electron chi connectivity index (χ0n) is 12.7. The molecule has 1 aliphatic heterocycles. The molecule has 23 heavy (non-hydrogen) atoms. The topological polar surface area (TPSA) is 72.4 Å². The molecule has 1 atom stereocenters. The molecule has 1 fully saturated rings. The first-order chi connectivity index (χ1) is 11.1. The minimum atomic E-state index is -0.468. The summed E-state index contributed by atoms with van der Waals surface area (Å²) >= 11 is 2.71. The van der Waals surface area contributed by atoms with Gasteiger partial charge in [-0.2, -0.15) is 0 Å². The molecule has 0 bridgehead atoms. The number of ether oxygens (including phenoxy) is 1. The van der Waals surface area contributed by atoms with Crippen LogP contribution in [0.3, 0.4) is 0 Å². The van der Waals surface area contributed by atoms with Gasteiger partial charge in [0.1, 0.15) is 16.0 Å². The van der Waals surface area contributed by atoms with Crippen LogP contribution in [0.1, 0.15) is 18.4 Å². The summed E-state index contributed by atoms with van der Waals surface area (Å²) in [6, 6.07) is 7.08. The van der Waals surface area contributed by atoms with E-state index in [0.29, 0.717) is 22.4 Å². The number of hydrogen-bond donors (Lipinski definition) is 0. The lowest BCUT2D eigenvalue weighted by Crippen LogP contribution is -2.31. The van der Waals surface area contributed by atoms with Crippen LogP contribution in [0.4, 0.5) is 5.69 Å². The second-order valence-electron chi connectivity index (χ2n) is 4.87. The van der Waals surface area contributed by atoms with Crippen molar-refractivity contribution in [1.29, 1.82) is 0 Å². The van der Waals surface area contributed by atoms with Crippen molar-refractivity contribution in [3.05, 3.63) is 29.3 Å². The number of aromatic nitrogens is 2. The van der Waals surface area contributed by atoms with E-state index in [0.717, 1.165) is 5.01 Å². The molecule has 0 N–H and O–H groups in total. The van der Waals surface area contributed by atoms with E-state index in [-0.39, 0.29) is 18.2 Å². The van der Waals surface area contributed by atoms with Crippen LogP contribution in [-0.2, 0) is 9.59 Å². The van der Waals surface area contributed by atoms with Gasteiger partial charge in [0.15, 0.2) is 4.34 Å². The molecule has 0 radical (unpaired) electrons. The Morgan fingerprint density at radius 2 is 2.13 bits per heavy atom. The third-order valence-electron chi connectivity index (χ3n) is 3.26. The largest absolute Gasteiger partial charge is 0.492 e. The second-order valence-corrected chi connectivity index (χ2v) is 7.50. The lowest BCUT2D eigenvalue weighted by Gasteiger charge is -2.18. The SMILES string of the molecule is CCOc1ccccc1N1C(=O)CC(Sc2nnc(C)s2)C1=O. The number of amides is 2. The summed E-state index contributed by atoms with van der Waals surface area (Å²) in [5.41, 5.74) is 0.501. The van der Waals surface area contributed by atoms with Crippen molar-refractivity contribution in [2.45, 2.75) is 29.9 Å². The number of para-hydroxylation sites is 2. The van der Waals surface area contributed by atoms with Gasteiger partial charge < -0.3 is 4.74 Å². The number of imide groups is 1. The summed E-state index contributed by atoms with van der Waals surface area (Å²) in [4.78, 5) is 26.2. The molecule has 0 aliphatic carbocycles. The number of nitrogens with zero attached hydrogens (tertiary/aromatic N) is 3. The Bertz CT molecular complexity index is 747. The molecule has 3 rings (SSSR count). The first-order valence-electron chi connectivity index (χ1n) is 7.15. The summed E-state index contributed by atoms with van der Waals surface area (Å²) in [5, 5.41) is 8.31. The van der Waals surface area contributed by atoms with Gasteiger partial charge in [-0.25, -0.2) is 4.90 Å². The highest BCUT2D eigenvalue weighted by molar-refractivity contribution is 8.02. The Morgan fingerprint density at radius 3 is 2.83 bits per heavy atom. The van der Waals surface area contributed by atoms with Crippen molar-refractivity contribution in [2.24, 2.45) is 0 Å². The summed E-state index contributed by atoms with van der Waals surface area (Å²) in [6.45, 7) is 4.18. The Hall–Kier alpha value is -1.93. The average Bonchev–Trinajstić information content (AvgIpc) is 3.05. The first-order valence-corrected chi connectivity index (χ1v) is 8.85. The fourth-order valence-electron chi connectivity index (χ4n) is 2.32. The highest BCUT2D eigenvalue weighted by Gasteiger charge is 2.41. The summed E-state index contributed by atoms with van der Waals surface area (Å²) in [7, 11) is 0. The molecule has 1 unspecified atom stereocenters. The highest BCUT2D eigenvalue weighted by atomic mass is 32.2. The normalized spacial score (nSPS) is 17.8. The van der Waals surface area contributed by atoms with Gasteiger partial charge >= 0.3 is 0 Å². The Morgan fingerprint density at radius 1 is 1.35 bits per heavy atom. The molecular formula is C15H15N3O3S2. The van der Waals surface area contributed by atoms with E-state index in [4.69, 9.17) is 4.74 Å². The molecule has 1 saturated heterocycles. The molecule has 6 nitrogen and oxygen atoms in total. The lowest BCUT2D eigenvalue weighted by molar-refractivity contribution is -0.121. The molecule has 1 aromatic carbocycles. The summed E-state index contributed by atoms with van der Waals surface area (Å²) < 4.78 is 6.23. The first kappa shape index (κ1) is 15.9. The van der Waals surface area contributed by atoms with Crippen molar-refractivity contribution in [3.8, 4) is 5.75 Å². The zero-order valence-corrected chi connectivity index (χ0v) is 14.3. The molecule has 8 heteroatoms. The van der Waals surface area contributed by atoms with Gasteiger partial charge in [-0.15, -0.1) is 10.2 Å². The lowest BCUT2D eigenvalue weighted by atomic mass is 10.2. The average molecular weight is 349 g/mol. The molecule has 2 amide bonds. The van der Waals surface area contributed by atoms with Crippen LogP contribution < -0.4 is 9.64 Å². The number of hydrogen-bond acceptors (Lipinski definition) is 7. The zero-order chi connectivity index (χ0) is 16.4. The number of carbonyl (C=O) groups is 2. The van der Waals surface area contributed by atoms with E-state index in [2.05, 4.69) is 10.2 Å². The molecule has 0 saturated carbocycles. The van der Waals surface area contributed by atoms with Gasteiger partial charge in [-0.1, -0.05) is 35.2 Å². The quantitative estimate of drug-likeness (QED) is 0.773. The van der Waals surface area contributed by atoms with Gasteiger partial charge in [-0.05, 0) is 26.0 Å². The number of benzene rings is 1. The maximum atomic E-state index is 12.7. The predicted octanol–water partition coefficient (Wildman–Crippen LogP) is 2.67. The van der Waals surface area contributed by atoms with Crippen molar-refractivity contribution >= 4 is 40.6 Å². The molecule has 1 aliphatic rings. The molecule has 0 spiro atoms. The predicted molar refractivity (Wildman–Crippen MR) is 89.0 cm³/mol. The van der Waals surface area contributed by atoms with Crippen LogP contribution in [0.5, 0.6) is 5.75 Å². The number of aryl methyl sites for hydroxylation is 1. The molecule has 2 heterocycles. The molecule has 1 aromatic heterocycles. The maximum absolute atomic E-state index is 12.7. The van der Waals surface area contributed by atoms with Crippen LogP contribution in [0.2, 0.25) is 0 Å². The van der Waals surface area contributed by atoms with Crippen LogP contribution >= 0.6 is 23.1 Å². The third kappa shape index (κ3) is 3.23. The van der Waals surface area contributed by atoms with E-state index in [1.54, 1.807) is 18.2 Å². The van der Waals surface area contributed by atoms with Gasteiger partial charge in [0.05, 0.1) is 12.3 Å². The number of anilines is 1. The summed E-state index contributed by atoms with van der Waals surface area (Å²) in [6.07, 6.45) is 0.155. The van der Waals surface area contributed by atoms with E-state index in [1.807, 2.05) is 19.9 Å². The fourth-order valence-corrected chi connectivity index (χ4v) is 4.40. The number of carbonyl (C=O) groups excluding carboxylic acids is 2. The van der Waals surface area contributed by atoms with E-state index >= 15 is 0 Å². The Labute approximate surface area is 141 Å². The van der Waals surface area contributed by atoms with Gasteiger partial charge in [0, 0.05) is 6.42 Å². The Balaban J connectivity index is 1.84. The fraction of sp³-hybridized carbons (Fsp3) is 0.333. The van der Waals surface area contributed by atoms with Crippen LogP contribution in [-0.4, -0.2) is 33.9 Å². The monoisotopic (exact) mass is 349 g/mol. The standard InChI is InChI=1S/C15H15N3O3S2/c1-3-21-11-7-5-4-6-10(11)18-13(19)8-12(14(18)20)23-15-17-16-9(2)22-15/h4-7,12H,3,8H2,1-2H3. The highest BCUT2D eigenvalue weighted by Crippen LogP contribution is 2.38. The minimum Gasteiger partial charge on any atom is -0.492 e. The van der Waals surface area contributed by atoms with E-state index < -0.39 is 5.25 Å². The van der Waals surface area contributed by atoms with Gasteiger partial charge in [0.2, 0.25) is 11.8 Å². The van der Waals surface area contributed by atoms with Crippen LogP contribution in [0.15, 0.2) is 28.6 Å². The van der Waals surface area contributed by atoms with Crippen molar-refractivity contribution in [2.75, 3.05) is 11.5 Å². The van der Waals surface area contributed by atoms with Crippen molar-refractivity contribution < 1.29 is 14.3 Å². The summed E-state index contributed by atoms with van der Waals surface area (Å²) in [5.74, 6) is 0.0787. The third-order valence-corrected chi connectivity index (χ3v) is 5.37. The van der Waals surface area contributed by atoms with Crippen LogP contribution in [0.25, 0.3) is 0 Å². The molecular weight excluding hydrogens is 334 g/mol. The Kier molecular flexibility index (Phi) is 4.63. The minimum absolute atomic E-state index is 0.155. The van der Waals surface area contributed by atoms with Crippen molar-refractivity contribution in [1.82, 2.24) is 10.2 Å². The molecule has 120 valence electrons. The van der Waals surface area contributed by atoms with Crippen molar-refractivity contribution in [3.63, 3.8) is 0 Å². The van der Waals surface area contributed by atoms with E-state index in [1.165, 1.54) is 28.0 Å². The smallest absolute Gasteiger partial charge is 0.247 e. The molecule has 2 aromatic rings. The van der Waals surface area contributed by atoms with Gasteiger partial charge in [-0.3, -0.25) is 9.59 Å². The van der Waals surface area contributed by atoms with E-state index in [9.17, 15) is 9.59 Å². The second kappa shape index (κ2) is 6.67. The van der Waals surface area contributed by atoms with Gasteiger partial charge in [0.25, 0.3) is 0 Å². The number of rotatable bonds is 5.